The molecule has 1 amide bonds. The van der Waals surface area contributed by atoms with E-state index in [1.807, 2.05) is 0 Å². The van der Waals surface area contributed by atoms with E-state index in [9.17, 15) is 9.59 Å². The topological polar surface area (TPSA) is 93.7 Å². The van der Waals surface area contributed by atoms with Crippen molar-refractivity contribution < 1.29 is 19.1 Å². The molecule has 3 rings (SSSR count). The van der Waals surface area contributed by atoms with E-state index in [1.165, 1.54) is 19.3 Å². The van der Waals surface area contributed by atoms with Crippen molar-refractivity contribution in [2.45, 2.75) is 6.92 Å². The molecule has 0 spiro atoms. The molecule has 1 aliphatic heterocycles. The molecule has 0 saturated carbocycles. The second-order valence-corrected chi connectivity index (χ2v) is 6.14. The number of nitrogens with one attached hydrogen (secondary N) is 1. The van der Waals surface area contributed by atoms with Crippen LogP contribution in [0.2, 0.25) is 0 Å². The minimum atomic E-state index is -0.392. The van der Waals surface area contributed by atoms with Crippen molar-refractivity contribution in [3.8, 4) is 5.88 Å². The number of amides is 1. The van der Waals surface area contributed by atoms with Gasteiger partial charge in [0.2, 0.25) is 5.88 Å². The lowest BCUT2D eigenvalue weighted by atomic mass is 10.1. The number of rotatable bonds is 7. The van der Waals surface area contributed by atoms with Gasteiger partial charge in [-0.15, -0.1) is 0 Å². The summed E-state index contributed by atoms with van der Waals surface area (Å²) in [5, 5.41) is 2.73. The summed E-state index contributed by atoms with van der Waals surface area (Å²) in [6.07, 6.45) is 1.30. The molecule has 27 heavy (non-hydrogen) atoms. The average molecular weight is 370 g/mol. The number of nitrogens with zero attached hydrogens (tertiary/aromatic N) is 3. The third-order valence-corrected chi connectivity index (χ3v) is 4.16. The van der Waals surface area contributed by atoms with Crippen LogP contribution in [0.3, 0.4) is 0 Å². The predicted octanol–water partition coefficient (Wildman–Crippen LogP) is 1.64. The van der Waals surface area contributed by atoms with Crippen LogP contribution in [-0.2, 0) is 4.74 Å². The molecule has 0 aliphatic carbocycles. The summed E-state index contributed by atoms with van der Waals surface area (Å²) in [4.78, 5) is 34.1. The number of morpholine rings is 1. The maximum absolute atomic E-state index is 12.4. The van der Waals surface area contributed by atoms with Gasteiger partial charge in [0.1, 0.15) is 18.6 Å². The highest BCUT2D eigenvalue weighted by molar-refractivity contribution is 6.04. The van der Waals surface area contributed by atoms with E-state index in [0.29, 0.717) is 23.7 Å². The number of Topliss-reactive ketones (excluding diaryl/α,β-unsaturated/α-hetero) is 1. The normalized spacial score (nSPS) is 14.6. The molecule has 1 saturated heterocycles. The highest BCUT2D eigenvalue weighted by Gasteiger charge is 2.12. The SMILES string of the molecule is CC(=O)c1cccc(NC(=O)c2cc(OCCN3CCOCC3)ncn2)c1. The van der Waals surface area contributed by atoms with E-state index >= 15 is 0 Å². The van der Waals surface area contributed by atoms with E-state index in [-0.39, 0.29) is 11.5 Å². The molecule has 1 aromatic heterocycles. The number of ether oxygens (including phenoxy) is 2. The summed E-state index contributed by atoms with van der Waals surface area (Å²) >= 11 is 0. The third kappa shape index (κ3) is 5.57. The average Bonchev–Trinajstić information content (AvgIpc) is 2.69. The second-order valence-electron chi connectivity index (χ2n) is 6.14. The van der Waals surface area contributed by atoms with Gasteiger partial charge in [0.05, 0.1) is 13.2 Å². The maximum atomic E-state index is 12.4. The molecule has 1 N–H and O–H groups in total. The summed E-state index contributed by atoms with van der Waals surface area (Å²) in [6.45, 7) is 5.98. The molecule has 1 fully saturated rings. The standard InChI is InChI=1S/C19H22N4O4/c1-14(24)15-3-2-4-16(11-15)22-19(25)17-12-18(21-13-20-17)27-10-7-23-5-8-26-9-6-23/h2-4,11-13H,5-10H2,1H3,(H,22,25). The molecule has 0 radical (unpaired) electrons. The largest absolute Gasteiger partial charge is 0.476 e. The van der Waals surface area contributed by atoms with Crippen LogP contribution in [0, 0.1) is 0 Å². The van der Waals surface area contributed by atoms with Gasteiger partial charge in [-0.2, -0.15) is 0 Å². The van der Waals surface area contributed by atoms with Gasteiger partial charge in [0.15, 0.2) is 5.78 Å². The highest BCUT2D eigenvalue weighted by Crippen LogP contribution is 2.14. The van der Waals surface area contributed by atoms with Crippen molar-refractivity contribution in [3.05, 3.63) is 47.9 Å². The van der Waals surface area contributed by atoms with Crippen LogP contribution in [-0.4, -0.2) is 66.0 Å². The highest BCUT2D eigenvalue weighted by atomic mass is 16.5. The Bertz CT molecular complexity index is 806. The first-order chi connectivity index (χ1) is 13.1. The van der Waals surface area contributed by atoms with Crippen molar-refractivity contribution in [2.24, 2.45) is 0 Å². The van der Waals surface area contributed by atoms with Crippen LogP contribution in [0.5, 0.6) is 5.88 Å². The Morgan fingerprint density at radius 3 is 2.81 bits per heavy atom. The van der Waals surface area contributed by atoms with Gasteiger partial charge in [0, 0.05) is 37.0 Å². The zero-order valence-corrected chi connectivity index (χ0v) is 15.2. The lowest BCUT2D eigenvalue weighted by Gasteiger charge is -2.26. The molecule has 1 aliphatic rings. The third-order valence-electron chi connectivity index (χ3n) is 4.16. The fourth-order valence-corrected chi connectivity index (χ4v) is 2.66. The zero-order valence-electron chi connectivity index (χ0n) is 15.2. The van der Waals surface area contributed by atoms with E-state index in [0.717, 1.165) is 32.8 Å². The minimum absolute atomic E-state index is 0.0657. The number of benzene rings is 1. The van der Waals surface area contributed by atoms with Crippen molar-refractivity contribution in [1.29, 1.82) is 0 Å². The Morgan fingerprint density at radius 2 is 2.04 bits per heavy atom. The summed E-state index contributed by atoms with van der Waals surface area (Å²) in [6, 6.07) is 8.26. The number of hydrogen-bond donors (Lipinski definition) is 1. The number of aromatic nitrogens is 2. The van der Waals surface area contributed by atoms with E-state index in [2.05, 4.69) is 20.2 Å². The van der Waals surface area contributed by atoms with Gasteiger partial charge in [-0.1, -0.05) is 12.1 Å². The Balaban J connectivity index is 1.56. The Labute approximate surface area is 157 Å². The van der Waals surface area contributed by atoms with Crippen molar-refractivity contribution >= 4 is 17.4 Å². The van der Waals surface area contributed by atoms with Gasteiger partial charge >= 0.3 is 0 Å². The van der Waals surface area contributed by atoms with E-state index < -0.39 is 5.91 Å². The molecule has 142 valence electrons. The Kier molecular flexibility index (Phi) is 6.45. The van der Waals surface area contributed by atoms with Crippen LogP contribution < -0.4 is 10.1 Å². The second kappa shape index (κ2) is 9.20. The molecular formula is C19H22N4O4. The first kappa shape index (κ1) is 18.9. The molecule has 2 aromatic rings. The van der Waals surface area contributed by atoms with Gasteiger partial charge in [-0.3, -0.25) is 14.5 Å². The lowest BCUT2D eigenvalue weighted by molar-refractivity contribution is 0.0320. The van der Waals surface area contributed by atoms with Crippen LogP contribution >= 0.6 is 0 Å². The molecule has 1 aromatic carbocycles. The van der Waals surface area contributed by atoms with E-state index in [4.69, 9.17) is 9.47 Å². The Morgan fingerprint density at radius 1 is 1.22 bits per heavy atom. The van der Waals surface area contributed by atoms with Crippen LogP contribution in [0.25, 0.3) is 0 Å². The predicted molar refractivity (Wildman–Crippen MR) is 99.2 cm³/mol. The monoisotopic (exact) mass is 370 g/mol. The van der Waals surface area contributed by atoms with Crippen LogP contribution in [0.1, 0.15) is 27.8 Å². The summed E-state index contributed by atoms with van der Waals surface area (Å²) in [5.41, 5.74) is 1.25. The molecule has 0 unspecified atom stereocenters. The van der Waals surface area contributed by atoms with Crippen LogP contribution in [0.4, 0.5) is 5.69 Å². The van der Waals surface area contributed by atoms with Crippen molar-refractivity contribution in [1.82, 2.24) is 14.9 Å². The fraction of sp³-hybridized carbons (Fsp3) is 0.368. The number of hydrogen-bond acceptors (Lipinski definition) is 7. The van der Waals surface area contributed by atoms with Crippen molar-refractivity contribution in [3.63, 3.8) is 0 Å². The van der Waals surface area contributed by atoms with Crippen molar-refractivity contribution in [2.75, 3.05) is 44.8 Å². The zero-order chi connectivity index (χ0) is 19.1. The van der Waals surface area contributed by atoms with E-state index in [1.54, 1.807) is 24.3 Å². The summed E-state index contributed by atoms with van der Waals surface area (Å²) in [5.74, 6) is -0.110. The summed E-state index contributed by atoms with van der Waals surface area (Å²) < 4.78 is 11.0. The first-order valence-corrected chi connectivity index (χ1v) is 8.79. The molecule has 2 heterocycles. The maximum Gasteiger partial charge on any atom is 0.274 e. The molecular weight excluding hydrogens is 348 g/mol. The molecule has 8 nitrogen and oxygen atoms in total. The van der Waals surface area contributed by atoms with Crippen LogP contribution in [0.15, 0.2) is 36.7 Å². The molecule has 0 atom stereocenters. The fourth-order valence-electron chi connectivity index (χ4n) is 2.66. The lowest BCUT2D eigenvalue weighted by Crippen LogP contribution is -2.38. The summed E-state index contributed by atoms with van der Waals surface area (Å²) in [7, 11) is 0. The Hall–Kier alpha value is -2.84. The number of carbonyl (C=O) groups is 2. The van der Waals surface area contributed by atoms with Gasteiger partial charge < -0.3 is 14.8 Å². The quantitative estimate of drug-likeness (QED) is 0.741. The smallest absolute Gasteiger partial charge is 0.274 e. The van der Waals surface area contributed by atoms with Gasteiger partial charge in [-0.05, 0) is 19.1 Å². The van der Waals surface area contributed by atoms with Gasteiger partial charge in [0.25, 0.3) is 5.91 Å². The van der Waals surface area contributed by atoms with Gasteiger partial charge in [-0.25, -0.2) is 9.97 Å². The number of carbonyl (C=O) groups excluding carboxylic acids is 2. The molecule has 0 bridgehead atoms. The number of ketones is 1. The first-order valence-electron chi connectivity index (χ1n) is 8.79. The number of anilines is 1. The molecule has 8 heteroatoms. The minimum Gasteiger partial charge on any atom is -0.476 e.